The van der Waals surface area contributed by atoms with E-state index >= 15 is 0 Å². The average Bonchev–Trinajstić information content (AvgIpc) is 3.25. The largest absolute Gasteiger partial charge is 0.455 e. The lowest BCUT2D eigenvalue weighted by molar-refractivity contribution is 0.466. The summed E-state index contributed by atoms with van der Waals surface area (Å²) in [6.07, 6.45) is 4.26. The Morgan fingerprint density at radius 3 is 2.80 bits per heavy atom. The molecule has 0 aliphatic heterocycles. The van der Waals surface area contributed by atoms with Crippen molar-refractivity contribution in [2.75, 3.05) is 0 Å². The zero-order valence-corrected chi connectivity index (χ0v) is 12.2. The molecule has 2 aromatic rings. The van der Waals surface area contributed by atoms with Gasteiger partial charge < -0.3 is 10.1 Å². The van der Waals surface area contributed by atoms with Gasteiger partial charge in [0.2, 0.25) is 0 Å². The lowest BCUT2D eigenvalue weighted by Gasteiger charge is -2.14. The zero-order valence-electron chi connectivity index (χ0n) is 11.4. The van der Waals surface area contributed by atoms with Gasteiger partial charge in [0.1, 0.15) is 11.5 Å². The van der Waals surface area contributed by atoms with E-state index in [4.69, 9.17) is 16.3 Å². The van der Waals surface area contributed by atoms with Crippen LogP contribution in [-0.2, 0) is 6.54 Å². The van der Waals surface area contributed by atoms with Gasteiger partial charge in [-0.2, -0.15) is 0 Å². The summed E-state index contributed by atoms with van der Waals surface area (Å²) < 4.78 is 5.99. The van der Waals surface area contributed by atoms with E-state index in [9.17, 15) is 0 Å². The highest BCUT2D eigenvalue weighted by atomic mass is 35.5. The molecule has 1 heterocycles. The standard InChI is InChI=1S/C16H17ClN2O/c1-11-15(6-3-9-18-11)20-16-5-2-4-14(17)13(16)10-19-12-7-8-12/h2-6,9,12,19H,7-8,10H2,1H3. The molecule has 1 saturated carbocycles. The maximum absolute atomic E-state index is 6.30. The van der Waals surface area contributed by atoms with Crippen LogP contribution in [0.3, 0.4) is 0 Å². The minimum atomic E-state index is 0.638. The molecular formula is C16H17ClN2O. The quantitative estimate of drug-likeness (QED) is 0.900. The normalized spacial score (nSPS) is 14.3. The number of halogens is 1. The van der Waals surface area contributed by atoms with Crippen LogP contribution in [0.25, 0.3) is 0 Å². The van der Waals surface area contributed by atoms with Crippen molar-refractivity contribution in [1.29, 1.82) is 0 Å². The minimum Gasteiger partial charge on any atom is -0.455 e. The zero-order chi connectivity index (χ0) is 13.9. The number of nitrogens with one attached hydrogen (secondary N) is 1. The molecule has 0 unspecified atom stereocenters. The molecule has 20 heavy (non-hydrogen) atoms. The van der Waals surface area contributed by atoms with Crippen LogP contribution in [0, 0.1) is 6.92 Å². The average molecular weight is 289 g/mol. The molecule has 0 atom stereocenters. The van der Waals surface area contributed by atoms with Crippen molar-refractivity contribution in [3.63, 3.8) is 0 Å². The summed E-state index contributed by atoms with van der Waals surface area (Å²) in [6, 6.07) is 10.2. The van der Waals surface area contributed by atoms with Crippen LogP contribution < -0.4 is 10.1 Å². The van der Waals surface area contributed by atoms with Crippen LogP contribution in [0.5, 0.6) is 11.5 Å². The lowest BCUT2D eigenvalue weighted by Crippen LogP contribution is -2.16. The highest BCUT2D eigenvalue weighted by molar-refractivity contribution is 6.31. The third-order valence-electron chi connectivity index (χ3n) is 3.40. The van der Waals surface area contributed by atoms with Crippen LogP contribution in [-0.4, -0.2) is 11.0 Å². The number of rotatable bonds is 5. The Balaban J connectivity index is 1.84. The fourth-order valence-corrected chi connectivity index (χ4v) is 2.27. The van der Waals surface area contributed by atoms with E-state index in [1.165, 1.54) is 12.8 Å². The SMILES string of the molecule is Cc1ncccc1Oc1cccc(Cl)c1CNC1CC1. The Hall–Kier alpha value is -1.58. The second kappa shape index (κ2) is 5.81. The van der Waals surface area contributed by atoms with Crippen molar-refractivity contribution in [2.24, 2.45) is 0 Å². The molecule has 1 aromatic heterocycles. The Labute approximate surface area is 123 Å². The van der Waals surface area contributed by atoms with Gasteiger partial charge in [0, 0.05) is 29.4 Å². The molecule has 1 aliphatic carbocycles. The Kier molecular flexibility index (Phi) is 3.90. The maximum atomic E-state index is 6.30. The minimum absolute atomic E-state index is 0.638. The fourth-order valence-electron chi connectivity index (χ4n) is 2.04. The molecule has 0 amide bonds. The summed E-state index contributed by atoms with van der Waals surface area (Å²) in [6.45, 7) is 2.67. The first-order valence-electron chi connectivity index (χ1n) is 6.84. The van der Waals surface area contributed by atoms with Gasteiger partial charge in [0.25, 0.3) is 0 Å². The van der Waals surface area contributed by atoms with Crippen molar-refractivity contribution < 1.29 is 4.74 Å². The molecule has 3 rings (SSSR count). The van der Waals surface area contributed by atoms with Crippen molar-refractivity contribution in [3.8, 4) is 11.5 Å². The number of nitrogens with zero attached hydrogens (tertiary/aromatic N) is 1. The van der Waals surface area contributed by atoms with Crippen LogP contribution in [0.2, 0.25) is 5.02 Å². The van der Waals surface area contributed by atoms with Crippen LogP contribution >= 0.6 is 11.6 Å². The van der Waals surface area contributed by atoms with Gasteiger partial charge in [-0.15, -0.1) is 0 Å². The van der Waals surface area contributed by atoms with E-state index in [2.05, 4.69) is 10.3 Å². The van der Waals surface area contributed by atoms with Gasteiger partial charge in [-0.05, 0) is 44.0 Å². The van der Waals surface area contributed by atoms with E-state index in [1.54, 1.807) is 6.20 Å². The second-order valence-electron chi connectivity index (χ2n) is 5.06. The van der Waals surface area contributed by atoms with Gasteiger partial charge in [-0.25, -0.2) is 0 Å². The van der Waals surface area contributed by atoms with Gasteiger partial charge in [-0.3, -0.25) is 4.98 Å². The molecule has 104 valence electrons. The van der Waals surface area contributed by atoms with Crippen molar-refractivity contribution in [2.45, 2.75) is 32.4 Å². The van der Waals surface area contributed by atoms with Crippen LogP contribution in [0.15, 0.2) is 36.5 Å². The Morgan fingerprint density at radius 1 is 1.25 bits per heavy atom. The summed E-state index contributed by atoms with van der Waals surface area (Å²) in [5.74, 6) is 1.56. The number of benzene rings is 1. The first-order chi connectivity index (χ1) is 9.74. The molecule has 0 saturated heterocycles. The number of hydrogen-bond donors (Lipinski definition) is 1. The summed E-state index contributed by atoms with van der Waals surface area (Å²) in [4.78, 5) is 4.24. The number of aryl methyl sites for hydroxylation is 1. The van der Waals surface area contributed by atoms with E-state index in [0.717, 1.165) is 34.3 Å². The van der Waals surface area contributed by atoms with Crippen molar-refractivity contribution in [3.05, 3.63) is 52.8 Å². The smallest absolute Gasteiger partial charge is 0.148 e. The molecule has 0 spiro atoms. The summed E-state index contributed by atoms with van der Waals surface area (Å²) in [7, 11) is 0. The van der Waals surface area contributed by atoms with Crippen LogP contribution in [0.1, 0.15) is 24.1 Å². The topological polar surface area (TPSA) is 34.1 Å². The molecule has 1 aromatic carbocycles. The predicted octanol–water partition coefficient (Wildman–Crippen LogP) is 4.09. The fraction of sp³-hybridized carbons (Fsp3) is 0.312. The molecule has 1 fully saturated rings. The molecule has 1 N–H and O–H groups in total. The maximum Gasteiger partial charge on any atom is 0.148 e. The molecule has 1 aliphatic rings. The first kappa shape index (κ1) is 13.4. The van der Waals surface area contributed by atoms with Gasteiger partial charge in [0.15, 0.2) is 0 Å². The van der Waals surface area contributed by atoms with Gasteiger partial charge in [0.05, 0.1) is 5.69 Å². The van der Waals surface area contributed by atoms with E-state index < -0.39 is 0 Å². The number of aromatic nitrogens is 1. The Morgan fingerprint density at radius 2 is 2.05 bits per heavy atom. The van der Waals surface area contributed by atoms with Crippen LogP contribution in [0.4, 0.5) is 0 Å². The highest BCUT2D eigenvalue weighted by Crippen LogP contribution is 2.32. The van der Waals surface area contributed by atoms with E-state index in [1.807, 2.05) is 37.3 Å². The lowest BCUT2D eigenvalue weighted by atomic mass is 10.2. The predicted molar refractivity (Wildman–Crippen MR) is 80.4 cm³/mol. The highest BCUT2D eigenvalue weighted by Gasteiger charge is 2.21. The van der Waals surface area contributed by atoms with Crippen molar-refractivity contribution in [1.82, 2.24) is 10.3 Å². The molecular weight excluding hydrogens is 272 g/mol. The molecule has 0 radical (unpaired) electrons. The molecule has 0 bridgehead atoms. The third-order valence-corrected chi connectivity index (χ3v) is 3.75. The second-order valence-corrected chi connectivity index (χ2v) is 5.47. The Bertz CT molecular complexity index is 611. The number of pyridine rings is 1. The summed E-state index contributed by atoms with van der Waals surface area (Å²) in [5, 5.41) is 4.21. The monoisotopic (exact) mass is 288 g/mol. The number of hydrogen-bond acceptors (Lipinski definition) is 3. The molecule has 4 heteroatoms. The van der Waals surface area contributed by atoms with Gasteiger partial charge >= 0.3 is 0 Å². The summed E-state index contributed by atoms with van der Waals surface area (Å²) in [5.41, 5.74) is 1.87. The van der Waals surface area contributed by atoms with Gasteiger partial charge in [-0.1, -0.05) is 17.7 Å². The summed E-state index contributed by atoms with van der Waals surface area (Å²) >= 11 is 6.30. The third kappa shape index (κ3) is 3.11. The molecule has 3 nitrogen and oxygen atoms in total. The van der Waals surface area contributed by atoms with E-state index in [0.29, 0.717) is 6.04 Å². The van der Waals surface area contributed by atoms with E-state index in [-0.39, 0.29) is 0 Å². The van der Waals surface area contributed by atoms with Crippen molar-refractivity contribution >= 4 is 11.6 Å². The number of ether oxygens (including phenoxy) is 1. The first-order valence-corrected chi connectivity index (χ1v) is 7.22.